The van der Waals surface area contributed by atoms with E-state index in [1.807, 2.05) is 0 Å². The molecular formula is C20H22F3N5O. The van der Waals surface area contributed by atoms with Gasteiger partial charge in [0.15, 0.2) is 11.6 Å². The average Bonchev–Trinajstić information content (AvgIpc) is 3.16. The fraction of sp³-hybridized carbons (Fsp3) is 0.300. The predicted molar refractivity (Wildman–Crippen MR) is 106 cm³/mol. The third-order valence-electron chi connectivity index (χ3n) is 4.14. The fourth-order valence-corrected chi connectivity index (χ4v) is 2.67. The Morgan fingerprint density at radius 3 is 2.55 bits per heavy atom. The van der Waals surface area contributed by atoms with Crippen LogP contribution >= 0.6 is 0 Å². The highest BCUT2D eigenvalue weighted by atomic mass is 19.2. The van der Waals surface area contributed by atoms with Gasteiger partial charge in [-0.3, -0.25) is 0 Å². The number of nitrogens with one attached hydrogen (secondary N) is 3. The number of aromatic nitrogens is 2. The molecule has 6 nitrogen and oxygen atoms in total. The van der Waals surface area contributed by atoms with Crippen LogP contribution < -0.4 is 16.0 Å². The Labute approximate surface area is 166 Å². The van der Waals surface area contributed by atoms with Gasteiger partial charge in [-0.15, -0.1) is 5.10 Å². The van der Waals surface area contributed by atoms with Crippen LogP contribution in [0.25, 0.3) is 11.5 Å². The summed E-state index contributed by atoms with van der Waals surface area (Å²) in [7, 11) is 0. The molecule has 29 heavy (non-hydrogen) atoms. The number of hydrogen-bond donors (Lipinski definition) is 3. The van der Waals surface area contributed by atoms with Gasteiger partial charge in [0, 0.05) is 13.1 Å². The summed E-state index contributed by atoms with van der Waals surface area (Å²) in [6.45, 7) is 5.96. The van der Waals surface area contributed by atoms with Gasteiger partial charge in [-0.1, -0.05) is 18.1 Å². The van der Waals surface area contributed by atoms with Gasteiger partial charge in [0.05, 0.1) is 16.9 Å². The van der Waals surface area contributed by atoms with Gasteiger partial charge >= 0.3 is 6.01 Å². The van der Waals surface area contributed by atoms with Gasteiger partial charge in [-0.05, 0) is 49.7 Å². The van der Waals surface area contributed by atoms with E-state index in [4.69, 9.17) is 4.42 Å². The molecule has 0 saturated carbocycles. The number of halogens is 3. The van der Waals surface area contributed by atoms with Crippen LogP contribution in [0, 0.1) is 24.4 Å². The Morgan fingerprint density at radius 2 is 1.79 bits per heavy atom. The average molecular weight is 405 g/mol. The van der Waals surface area contributed by atoms with E-state index >= 15 is 0 Å². The van der Waals surface area contributed by atoms with Crippen molar-refractivity contribution in [3.05, 3.63) is 53.3 Å². The third kappa shape index (κ3) is 5.05. The standard InChI is InChI=1S/C20H22F3N5O/c1-3-8-24-9-10-25-20-28-27-19(29-20)13-5-6-14(21)17(23)18(13)26-16-7-4-12(2)11-15(16)22/h4-7,11,24,26H,3,8-10H2,1-2H3,(H,25,28). The van der Waals surface area contributed by atoms with E-state index in [-0.39, 0.29) is 28.8 Å². The molecule has 0 unspecified atom stereocenters. The maximum absolute atomic E-state index is 14.5. The first-order chi connectivity index (χ1) is 14.0. The van der Waals surface area contributed by atoms with Crippen molar-refractivity contribution in [3.63, 3.8) is 0 Å². The highest BCUT2D eigenvalue weighted by molar-refractivity contribution is 5.78. The summed E-state index contributed by atoms with van der Waals surface area (Å²) < 4.78 is 48.0. The second kappa shape index (κ2) is 9.42. The summed E-state index contributed by atoms with van der Waals surface area (Å²) in [6, 6.07) is 6.79. The maximum Gasteiger partial charge on any atom is 0.315 e. The molecule has 3 N–H and O–H groups in total. The monoisotopic (exact) mass is 405 g/mol. The lowest BCUT2D eigenvalue weighted by atomic mass is 10.1. The molecule has 9 heteroatoms. The Bertz CT molecular complexity index is 977. The number of benzene rings is 2. The Morgan fingerprint density at radius 1 is 0.966 bits per heavy atom. The van der Waals surface area contributed by atoms with Crippen molar-refractivity contribution in [2.24, 2.45) is 0 Å². The van der Waals surface area contributed by atoms with Crippen molar-refractivity contribution in [3.8, 4) is 11.5 Å². The molecule has 0 aliphatic rings. The van der Waals surface area contributed by atoms with Gasteiger partial charge in [-0.25, -0.2) is 13.2 Å². The van der Waals surface area contributed by atoms with E-state index in [1.165, 1.54) is 18.2 Å². The zero-order valence-electron chi connectivity index (χ0n) is 16.2. The van der Waals surface area contributed by atoms with E-state index in [0.29, 0.717) is 18.7 Å². The molecule has 1 heterocycles. The number of aryl methyl sites for hydroxylation is 1. The molecular weight excluding hydrogens is 383 g/mol. The van der Waals surface area contributed by atoms with Crippen LogP contribution in [0.2, 0.25) is 0 Å². The number of rotatable bonds is 9. The van der Waals surface area contributed by atoms with Crippen LogP contribution in [0.4, 0.5) is 30.6 Å². The first-order valence-electron chi connectivity index (χ1n) is 9.29. The van der Waals surface area contributed by atoms with Gasteiger partial charge in [0.1, 0.15) is 5.82 Å². The second-order valence-electron chi connectivity index (χ2n) is 6.48. The summed E-state index contributed by atoms with van der Waals surface area (Å²) in [4.78, 5) is 0. The van der Waals surface area contributed by atoms with E-state index < -0.39 is 17.5 Å². The lowest BCUT2D eigenvalue weighted by Gasteiger charge is -2.12. The van der Waals surface area contributed by atoms with Crippen LogP contribution in [-0.2, 0) is 0 Å². The minimum absolute atomic E-state index is 0.00112. The summed E-state index contributed by atoms with van der Waals surface area (Å²) in [5, 5.41) is 16.5. The molecule has 0 atom stereocenters. The van der Waals surface area contributed by atoms with Crippen molar-refractivity contribution in [2.75, 3.05) is 30.3 Å². The highest BCUT2D eigenvalue weighted by Gasteiger charge is 2.20. The van der Waals surface area contributed by atoms with E-state index in [2.05, 4.69) is 33.1 Å². The van der Waals surface area contributed by atoms with Crippen molar-refractivity contribution in [2.45, 2.75) is 20.3 Å². The quantitative estimate of drug-likeness (QED) is 0.451. The van der Waals surface area contributed by atoms with Crippen molar-refractivity contribution in [1.82, 2.24) is 15.5 Å². The van der Waals surface area contributed by atoms with E-state index in [1.54, 1.807) is 13.0 Å². The van der Waals surface area contributed by atoms with Crippen LogP contribution in [-0.4, -0.2) is 29.8 Å². The molecule has 0 radical (unpaired) electrons. The summed E-state index contributed by atoms with van der Waals surface area (Å²) in [6.07, 6.45) is 1.03. The summed E-state index contributed by atoms with van der Waals surface area (Å²) in [5.74, 6) is -2.86. The molecule has 3 rings (SSSR count). The molecule has 1 aromatic heterocycles. The first-order valence-corrected chi connectivity index (χ1v) is 9.29. The molecule has 3 aromatic rings. The van der Waals surface area contributed by atoms with Crippen LogP contribution in [0.3, 0.4) is 0 Å². The van der Waals surface area contributed by atoms with E-state index in [9.17, 15) is 13.2 Å². The lowest BCUT2D eigenvalue weighted by molar-refractivity contribution is 0.510. The topological polar surface area (TPSA) is 75.0 Å². The van der Waals surface area contributed by atoms with Crippen LogP contribution in [0.1, 0.15) is 18.9 Å². The Hall–Kier alpha value is -3.07. The molecule has 0 fully saturated rings. The lowest BCUT2D eigenvalue weighted by Crippen LogP contribution is -2.22. The van der Waals surface area contributed by atoms with Gasteiger partial charge < -0.3 is 20.4 Å². The number of anilines is 3. The van der Waals surface area contributed by atoms with E-state index in [0.717, 1.165) is 19.0 Å². The minimum Gasteiger partial charge on any atom is -0.403 e. The van der Waals surface area contributed by atoms with Crippen molar-refractivity contribution in [1.29, 1.82) is 0 Å². The van der Waals surface area contributed by atoms with Crippen LogP contribution in [0.15, 0.2) is 34.7 Å². The Kier molecular flexibility index (Phi) is 6.71. The van der Waals surface area contributed by atoms with Crippen molar-refractivity contribution < 1.29 is 17.6 Å². The molecule has 0 aliphatic carbocycles. The predicted octanol–water partition coefficient (Wildman–Crippen LogP) is 4.62. The zero-order valence-corrected chi connectivity index (χ0v) is 16.2. The third-order valence-corrected chi connectivity index (χ3v) is 4.14. The van der Waals surface area contributed by atoms with Crippen molar-refractivity contribution >= 4 is 17.4 Å². The van der Waals surface area contributed by atoms with Gasteiger partial charge in [0.2, 0.25) is 0 Å². The normalized spacial score (nSPS) is 10.9. The Balaban J connectivity index is 1.84. The highest BCUT2D eigenvalue weighted by Crippen LogP contribution is 2.34. The molecule has 0 bridgehead atoms. The SMILES string of the molecule is CCCNCCNc1nnc(-c2ccc(F)c(F)c2Nc2ccc(C)cc2F)o1. The first kappa shape index (κ1) is 20.7. The van der Waals surface area contributed by atoms with Gasteiger partial charge in [-0.2, -0.15) is 0 Å². The number of hydrogen-bond acceptors (Lipinski definition) is 6. The molecule has 2 aromatic carbocycles. The smallest absolute Gasteiger partial charge is 0.315 e. The molecule has 0 spiro atoms. The van der Waals surface area contributed by atoms with Crippen LogP contribution in [0.5, 0.6) is 0 Å². The largest absolute Gasteiger partial charge is 0.403 e. The second-order valence-corrected chi connectivity index (χ2v) is 6.48. The fourth-order valence-electron chi connectivity index (χ4n) is 2.67. The zero-order chi connectivity index (χ0) is 20.8. The molecule has 0 aliphatic heterocycles. The summed E-state index contributed by atoms with van der Waals surface area (Å²) in [5.41, 5.74) is 0.538. The minimum atomic E-state index is -1.17. The molecule has 0 saturated heterocycles. The molecule has 154 valence electrons. The molecule has 0 amide bonds. The number of nitrogens with zero attached hydrogens (tertiary/aromatic N) is 2. The summed E-state index contributed by atoms with van der Waals surface area (Å²) >= 11 is 0. The van der Waals surface area contributed by atoms with Gasteiger partial charge in [0.25, 0.3) is 5.89 Å². The maximum atomic E-state index is 14.5.